The molecule has 0 amide bonds. The summed E-state index contributed by atoms with van der Waals surface area (Å²) in [7, 11) is 0. The molecule has 0 aromatic carbocycles. The number of carbonyl (C=O) groups is 3. The molecule has 0 aromatic heterocycles. The average Bonchev–Trinajstić information content (AvgIpc) is 3.26. The van der Waals surface area contributed by atoms with Gasteiger partial charge in [-0.1, -0.05) is 272 Å². The van der Waals surface area contributed by atoms with E-state index in [9.17, 15) is 14.4 Å². The van der Waals surface area contributed by atoms with E-state index in [1.165, 1.54) is 199 Å². The quantitative estimate of drug-likeness (QED) is 0.0344. The van der Waals surface area contributed by atoms with Crippen LogP contribution in [0.15, 0.2) is 0 Å². The first-order valence-electron chi connectivity index (χ1n) is 27.8. The third-order valence-electron chi connectivity index (χ3n) is 13.1. The third kappa shape index (κ3) is 47.9. The van der Waals surface area contributed by atoms with E-state index in [0.717, 1.165) is 69.6 Å². The summed E-state index contributed by atoms with van der Waals surface area (Å²) in [5, 5.41) is 0. The van der Waals surface area contributed by atoms with Crippen LogP contribution in [0.2, 0.25) is 0 Å². The lowest BCUT2D eigenvalue weighted by Gasteiger charge is -2.18. The van der Waals surface area contributed by atoms with Crippen molar-refractivity contribution in [2.24, 2.45) is 11.8 Å². The predicted octanol–water partition coefficient (Wildman–Crippen LogP) is 18.1. The molecule has 1 unspecified atom stereocenters. The molecule has 0 aliphatic rings. The van der Waals surface area contributed by atoms with Crippen LogP contribution in [0.5, 0.6) is 0 Å². The van der Waals surface area contributed by atoms with E-state index in [2.05, 4.69) is 34.6 Å². The van der Waals surface area contributed by atoms with Crippen LogP contribution in [0.1, 0.15) is 311 Å². The lowest BCUT2D eigenvalue weighted by molar-refractivity contribution is -0.167. The number of unbranched alkanes of at least 4 members (excludes halogenated alkanes) is 34. The fraction of sp³-hybridized carbons (Fsp3) is 0.946. The van der Waals surface area contributed by atoms with Crippen LogP contribution in [0.3, 0.4) is 0 Å². The van der Waals surface area contributed by atoms with Crippen molar-refractivity contribution < 1.29 is 28.6 Å². The molecular weight excluding hydrogens is 769 g/mol. The maximum atomic E-state index is 12.8. The molecule has 6 nitrogen and oxygen atoms in total. The summed E-state index contributed by atoms with van der Waals surface area (Å²) in [4.78, 5) is 37.9. The van der Waals surface area contributed by atoms with Gasteiger partial charge in [-0.3, -0.25) is 14.4 Å². The average molecular weight is 877 g/mol. The minimum Gasteiger partial charge on any atom is -0.462 e. The number of hydrogen-bond donors (Lipinski definition) is 0. The Hall–Kier alpha value is -1.59. The maximum absolute atomic E-state index is 12.8. The van der Waals surface area contributed by atoms with Crippen LogP contribution in [-0.2, 0) is 28.6 Å². The first kappa shape index (κ1) is 60.4. The minimum absolute atomic E-state index is 0.0640. The Kier molecular flexibility index (Phi) is 47.6. The van der Waals surface area contributed by atoms with Crippen molar-refractivity contribution in [3.63, 3.8) is 0 Å². The highest BCUT2D eigenvalue weighted by atomic mass is 16.6. The van der Waals surface area contributed by atoms with E-state index in [1.54, 1.807) is 0 Å². The van der Waals surface area contributed by atoms with E-state index in [1.807, 2.05) is 0 Å². The Labute approximate surface area is 387 Å². The smallest absolute Gasteiger partial charge is 0.306 e. The number of hydrogen-bond acceptors (Lipinski definition) is 6. The predicted molar refractivity (Wildman–Crippen MR) is 266 cm³/mol. The topological polar surface area (TPSA) is 78.9 Å². The van der Waals surface area contributed by atoms with Gasteiger partial charge in [0, 0.05) is 19.3 Å². The number of rotatable bonds is 50. The molecule has 0 aliphatic heterocycles. The van der Waals surface area contributed by atoms with Gasteiger partial charge < -0.3 is 14.2 Å². The van der Waals surface area contributed by atoms with Crippen molar-refractivity contribution in [1.82, 2.24) is 0 Å². The van der Waals surface area contributed by atoms with Crippen molar-refractivity contribution in [2.45, 2.75) is 317 Å². The Morgan fingerprint density at radius 1 is 0.339 bits per heavy atom. The molecule has 0 spiro atoms. The van der Waals surface area contributed by atoms with Gasteiger partial charge in [-0.05, 0) is 31.1 Å². The summed E-state index contributed by atoms with van der Waals surface area (Å²) >= 11 is 0. The van der Waals surface area contributed by atoms with Crippen molar-refractivity contribution >= 4 is 17.9 Å². The molecule has 0 N–H and O–H groups in total. The van der Waals surface area contributed by atoms with Gasteiger partial charge in [-0.15, -0.1) is 0 Å². The van der Waals surface area contributed by atoms with Crippen molar-refractivity contribution in [3.8, 4) is 0 Å². The molecule has 0 rings (SSSR count). The van der Waals surface area contributed by atoms with Crippen molar-refractivity contribution in [3.05, 3.63) is 0 Å². The largest absolute Gasteiger partial charge is 0.462 e. The van der Waals surface area contributed by atoms with Crippen LogP contribution >= 0.6 is 0 Å². The van der Waals surface area contributed by atoms with Crippen LogP contribution in [0, 0.1) is 11.8 Å². The van der Waals surface area contributed by atoms with E-state index in [0.29, 0.717) is 19.3 Å². The Morgan fingerprint density at radius 3 is 0.919 bits per heavy atom. The molecule has 0 heterocycles. The van der Waals surface area contributed by atoms with E-state index < -0.39 is 6.10 Å². The van der Waals surface area contributed by atoms with Gasteiger partial charge in [0.25, 0.3) is 0 Å². The minimum atomic E-state index is -0.762. The fourth-order valence-electron chi connectivity index (χ4n) is 8.49. The van der Waals surface area contributed by atoms with Gasteiger partial charge >= 0.3 is 17.9 Å². The van der Waals surface area contributed by atoms with Crippen molar-refractivity contribution in [2.75, 3.05) is 13.2 Å². The molecule has 62 heavy (non-hydrogen) atoms. The number of carbonyl (C=O) groups excluding carboxylic acids is 3. The first-order chi connectivity index (χ1) is 30.3. The van der Waals surface area contributed by atoms with Crippen molar-refractivity contribution in [1.29, 1.82) is 0 Å². The first-order valence-corrected chi connectivity index (χ1v) is 27.8. The molecule has 0 fully saturated rings. The molecule has 368 valence electrons. The molecule has 0 aromatic rings. The normalized spacial score (nSPS) is 12.5. The molecule has 0 radical (unpaired) electrons. The van der Waals surface area contributed by atoms with E-state index >= 15 is 0 Å². The molecule has 0 saturated carbocycles. The second kappa shape index (κ2) is 48.9. The van der Waals surface area contributed by atoms with Gasteiger partial charge in [0.15, 0.2) is 6.10 Å². The summed E-state index contributed by atoms with van der Waals surface area (Å²) in [6.07, 6.45) is 51.1. The zero-order chi connectivity index (χ0) is 45.4. The highest BCUT2D eigenvalue weighted by Crippen LogP contribution is 2.18. The lowest BCUT2D eigenvalue weighted by atomic mass is 9.99. The van der Waals surface area contributed by atoms with Gasteiger partial charge in [0.05, 0.1) is 0 Å². The molecular formula is C56H108O6. The Bertz CT molecular complexity index is 949. The molecule has 2 atom stereocenters. The summed E-state index contributed by atoms with van der Waals surface area (Å²) in [5.41, 5.74) is 0. The van der Waals surface area contributed by atoms with Gasteiger partial charge in [0.1, 0.15) is 13.2 Å². The molecule has 0 saturated heterocycles. The van der Waals surface area contributed by atoms with Crippen LogP contribution in [-0.4, -0.2) is 37.2 Å². The second-order valence-corrected chi connectivity index (χ2v) is 19.9. The van der Waals surface area contributed by atoms with Crippen LogP contribution in [0.25, 0.3) is 0 Å². The van der Waals surface area contributed by atoms with Gasteiger partial charge in [-0.25, -0.2) is 0 Å². The highest BCUT2D eigenvalue weighted by Gasteiger charge is 2.19. The zero-order valence-corrected chi connectivity index (χ0v) is 42.5. The Morgan fingerprint density at radius 2 is 0.613 bits per heavy atom. The van der Waals surface area contributed by atoms with Gasteiger partial charge in [-0.2, -0.15) is 0 Å². The third-order valence-corrected chi connectivity index (χ3v) is 13.1. The highest BCUT2D eigenvalue weighted by molar-refractivity contribution is 5.71. The number of ether oxygens (including phenoxy) is 3. The SMILES string of the molecule is CCCCCCCCCCCCCCCC(=O)OC[C@@H](COC(=O)CCCCCCCCC(C)C)OC(=O)CCCCCCCCCCCCCCCCCCCCC(C)CC. The summed E-state index contributed by atoms with van der Waals surface area (Å²) in [5.74, 6) is 0.824. The van der Waals surface area contributed by atoms with E-state index in [4.69, 9.17) is 14.2 Å². The second-order valence-electron chi connectivity index (χ2n) is 19.9. The van der Waals surface area contributed by atoms with Crippen LogP contribution < -0.4 is 0 Å². The van der Waals surface area contributed by atoms with Crippen LogP contribution in [0.4, 0.5) is 0 Å². The standard InChI is InChI=1S/C56H108O6/c1-6-8-9-10-11-12-13-20-24-27-30-36-41-46-54(57)60-49-53(50-61-55(58)47-42-37-33-32-34-39-44-51(3)4)62-56(59)48-43-38-31-28-25-22-19-17-15-14-16-18-21-23-26-29-35-40-45-52(5)7-2/h51-53H,6-50H2,1-5H3/t52?,53-/m0/s1. The monoisotopic (exact) mass is 877 g/mol. The lowest BCUT2D eigenvalue weighted by Crippen LogP contribution is -2.30. The van der Waals surface area contributed by atoms with E-state index in [-0.39, 0.29) is 31.1 Å². The molecule has 6 heteroatoms. The summed E-state index contributed by atoms with van der Waals surface area (Å²) in [6, 6.07) is 0. The Balaban J connectivity index is 4.19. The molecule has 0 aliphatic carbocycles. The summed E-state index contributed by atoms with van der Waals surface area (Å²) < 4.78 is 16.8. The van der Waals surface area contributed by atoms with Gasteiger partial charge in [0.2, 0.25) is 0 Å². The summed E-state index contributed by atoms with van der Waals surface area (Å²) in [6.45, 7) is 11.4. The zero-order valence-electron chi connectivity index (χ0n) is 42.5. The maximum Gasteiger partial charge on any atom is 0.306 e. The molecule has 0 bridgehead atoms. The fourth-order valence-corrected chi connectivity index (χ4v) is 8.49. The number of esters is 3.